The molecular formula is C33H48N4. The summed E-state index contributed by atoms with van der Waals surface area (Å²) in [5, 5.41) is 15.1. The average molecular weight is 501 g/mol. The lowest BCUT2D eigenvalue weighted by atomic mass is 10.0. The number of hydrogen-bond donors (Lipinski definition) is 3. The van der Waals surface area contributed by atoms with Gasteiger partial charge in [0.15, 0.2) is 0 Å². The topological polar surface area (TPSA) is 41.0 Å². The number of unbranched alkanes of at least 4 members (excludes halogenated alkanes) is 6. The number of piperidine rings is 1. The molecule has 0 spiro atoms. The van der Waals surface area contributed by atoms with Crippen molar-refractivity contribution in [3.63, 3.8) is 0 Å². The van der Waals surface area contributed by atoms with Crippen LogP contribution in [-0.4, -0.2) is 17.2 Å². The van der Waals surface area contributed by atoms with E-state index in [1.54, 1.807) is 0 Å². The zero-order chi connectivity index (χ0) is 26.2. The molecule has 1 saturated carbocycles. The minimum atomic E-state index is 0.160. The summed E-state index contributed by atoms with van der Waals surface area (Å²) < 4.78 is 2.26. The highest BCUT2D eigenvalue weighted by Crippen LogP contribution is 2.28. The van der Waals surface area contributed by atoms with Crippen LogP contribution in [-0.2, 0) is 0 Å². The Balaban J connectivity index is 1.17. The molecule has 2 heterocycles. The molecule has 2 aliphatic rings. The second-order valence-electron chi connectivity index (χ2n) is 11.2. The van der Waals surface area contributed by atoms with E-state index < -0.39 is 0 Å². The number of allylic oxidation sites excluding steroid dienone is 3. The van der Waals surface area contributed by atoms with Crippen molar-refractivity contribution in [1.29, 1.82) is 0 Å². The van der Waals surface area contributed by atoms with E-state index in [-0.39, 0.29) is 6.04 Å². The summed E-state index contributed by atoms with van der Waals surface area (Å²) >= 11 is 0. The van der Waals surface area contributed by atoms with Gasteiger partial charge in [0.25, 0.3) is 0 Å². The lowest BCUT2D eigenvalue weighted by Gasteiger charge is -2.29. The summed E-state index contributed by atoms with van der Waals surface area (Å²) in [4.78, 5) is 0. The third-order valence-corrected chi connectivity index (χ3v) is 8.25. The quantitative estimate of drug-likeness (QED) is 0.245. The summed E-state index contributed by atoms with van der Waals surface area (Å²) in [6, 6.07) is 7.31. The number of nitrogens with zero attached hydrogens (tertiary/aromatic N) is 1. The minimum Gasteiger partial charge on any atom is -0.386 e. The minimum absolute atomic E-state index is 0.160. The van der Waals surface area contributed by atoms with Gasteiger partial charge in [-0.3, -0.25) is 0 Å². The van der Waals surface area contributed by atoms with E-state index in [0.29, 0.717) is 6.04 Å². The Morgan fingerprint density at radius 2 is 1.59 bits per heavy atom. The molecule has 0 bridgehead atoms. The number of hydrogen-bond acceptors (Lipinski definition) is 3. The Bertz CT molecular complexity index is 1200. The molecule has 37 heavy (non-hydrogen) atoms. The van der Waals surface area contributed by atoms with E-state index in [1.807, 2.05) is 0 Å². The van der Waals surface area contributed by atoms with Crippen molar-refractivity contribution >= 4 is 29.6 Å². The molecule has 4 heteroatoms. The maximum atomic E-state index is 4.47. The van der Waals surface area contributed by atoms with Gasteiger partial charge in [-0.2, -0.15) is 0 Å². The molecule has 1 atom stereocenters. The van der Waals surface area contributed by atoms with Crippen molar-refractivity contribution in [2.75, 3.05) is 11.9 Å². The average Bonchev–Trinajstić information content (AvgIpc) is 3.47. The van der Waals surface area contributed by atoms with Crippen molar-refractivity contribution < 1.29 is 0 Å². The van der Waals surface area contributed by atoms with Gasteiger partial charge in [-0.1, -0.05) is 90.0 Å². The SMILES string of the molecule is C=C1CCC(n2c(=C)c3cccc(NCCCCCCCCCC(=C)NC4CCCC4)c3c2=C)C(=C)N1. The zero-order valence-corrected chi connectivity index (χ0v) is 23.0. The van der Waals surface area contributed by atoms with Crippen LogP contribution in [0, 0.1) is 0 Å². The molecule has 3 N–H and O–H groups in total. The second-order valence-corrected chi connectivity index (χ2v) is 11.2. The van der Waals surface area contributed by atoms with E-state index in [4.69, 9.17) is 0 Å². The number of rotatable bonds is 14. The Morgan fingerprint density at radius 1 is 0.892 bits per heavy atom. The van der Waals surface area contributed by atoms with Gasteiger partial charge in [0.05, 0.1) is 6.04 Å². The molecule has 4 rings (SSSR count). The fraction of sp³-hybridized carbons (Fsp3) is 0.515. The molecule has 1 aromatic carbocycles. The number of nitrogens with one attached hydrogen (secondary N) is 3. The Kier molecular flexibility index (Phi) is 9.60. The van der Waals surface area contributed by atoms with E-state index in [2.05, 4.69) is 71.6 Å². The standard InChI is InChI=1S/C33H48N4/c1-24(36-29-17-12-13-18-29)16-11-9-7-6-8-10-14-23-34-31-20-15-19-30-27(4)37(28(5)33(30)31)32-22-21-25(2)35-26(32)3/h15,19-20,29,32,34-36H,1-14,16-18,21-23H2. The predicted octanol–water partition coefficient (Wildman–Crippen LogP) is 6.99. The van der Waals surface area contributed by atoms with Gasteiger partial charge < -0.3 is 20.5 Å². The first kappa shape index (κ1) is 27.2. The van der Waals surface area contributed by atoms with Crippen LogP contribution in [0.1, 0.15) is 95.9 Å². The molecule has 2 fully saturated rings. The molecule has 0 amide bonds. The molecular weight excluding hydrogens is 452 g/mol. The van der Waals surface area contributed by atoms with E-state index in [0.717, 1.165) is 53.6 Å². The van der Waals surface area contributed by atoms with Gasteiger partial charge in [-0.25, -0.2) is 0 Å². The maximum Gasteiger partial charge on any atom is 0.0738 e. The molecule has 1 aliphatic heterocycles. The van der Waals surface area contributed by atoms with Crippen molar-refractivity contribution in [1.82, 2.24) is 15.2 Å². The third-order valence-electron chi connectivity index (χ3n) is 8.25. The molecule has 200 valence electrons. The summed E-state index contributed by atoms with van der Waals surface area (Å²) in [6.07, 6.45) is 17.5. The van der Waals surface area contributed by atoms with Gasteiger partial charge >= 0.3 is 0 Å². The Morgan fingerprint density at radius 3 is 2.32 bits per heavy atom. The highest BCUT2D eigenvalue weighted by Gasteiger charge is 2.23. The third kappa shape index (κ3) is 6.91. The van der Waals surface area contributed by atoms with Crippen LogP contribution in [0.25, 0.3) is 23.9 Å². The number of anilines is 1. The molecule has 1 unspecified atom stereocenters. The lowest BCUT2D eigenvalue weighted by molar-refractivity contribution is 0.458. The van der Waals surface area contributed by atoms with Crippen molar-refractivity contribution in [3.05, 3.63) is 65.7 Å². The van der Waals surface area contributed by atoms with Gasteiger partial charge in [0.1, 0.15) is 0 Å². The van der Waals surface area contributed by atoms with Crippen molar-refractivity contribution in [2.24, 2.45) is 0 Å². The smallest absolute Gasteiger partial charge is 0.0738 e. The zero-order valence-electron chi connectivity index (χ0n) is 23.0. The maximum absolute atomic E-state index is 4.47. The first-order valence-corrected chi connectivity index (χ1v) is 14.6. The first-order valence-electron chi connectivity index (χ1n) is 14.6. The number of aromatic nitrogens is 1. The fourth-order valence-electron chi connectivity index (χ4n) is 6.18. The molecule has 0 radical (unpaired) electrons. The highest BCUT2D eigenvalue weighted by atomic mass is 15.1. The lowest BCUT2D eigenvalue weighted by Crippen LogP contribution is -2.36. The summed E-state index contributed by atoms with van der Waals surface area (Å²) in [5.41, 5.74) is 4.43. The predicted molar refractivity (Wildman–Crippen MR) is 162 cm³/mol. The van der Waals surface area contributed by atoms with Crippen molar-refractivity contribution in [3.8, 4) is 0 Å². The molecule has 1 aliphatic carbocycles. The van der Waals surface area contributed by atoms with Crippen LogP contribution >= 0.6 is 0 Å². The summed E-state index contributed by atoms with van der Waals surface area (Å²) in [7, 11) is 0. The van der Waals surface area contributed by atoms with Gasteiger partial charge in [0, 0.05) is 56.8 Å². The molecule has 1 saturated heterocycles. The van der Waals surface area contributed by atoms with E-state index in [1.165, 1.54) is 87.1 Å². The number of fused-ring (bicyclic) bond motifs is 1. The monoisotopic (exact) mass is 500 g/mol. The second kappa shape index (κ2) is 13.1. The van der Waals surface area contributed by atoms with Crippen LogP contribution in [0.4, 0.5) is 5.69 Å². The molecule has 2 aromatic rings. The Labute approximate surface area is 224 Å². The largest absolute Gasteiger partial charge is 0.386 e. The van der Waals surface area contributed by atoms with E-state index in [9.17, 15) is 0 Å². The van der Waals surface area contributed by atoms with Gasteiger partial charge in [0.2, 0.25) is 0 Å². The van der Waals surface area contributed by atoms with Crippen LogP contribution in [0.5, 0.6) is 0 Å². The van der Waals surface area contributed by atoms with Gasteiger partial charge in [-0.05, 0) is 51.0 Å². The van der Waals surface area contributed by atoms with Crippen LogP contribution in [0.3, 0.4) is 0 Å². The summed E-state index contributed by atoms with van der Waals surface area (Å²) in [5.74, 6) is 0. The fourth-order valence-corrected chi connectivity index (χ4v) is 6.18. The van der Waals surface area contributed by atoms with Crippen LogP contribution < -0.4 is 26.6 Å². The molecule has 1 aromatic heterocycles. The highest BCUT2D eigenvalue weighted by molar-refractivity contribution is 5.94. The van der Waals surface area contributed by atoms with Gasteiger partial charge in [-0.15, -0.1) is 0 Å². The van der Waals surface area contributed by atoms with Crippen LogP contribution in [0.15, 0.2) is 55.0 Å². The molecule has 4 nitrogen and oxygen atoms in total. The summed E-state index contributed by atoms with van der Waals surface area (Å²) in [6.45, 7) is 22.4. The van der Waals surface area contributed by atoms with E-state index >= 15 is 0 Å². The number of benzene rings is 1. The first-order chi connectivity index (χ1) is 18.0. The van der Waals surface area contributed by atoms with Crippen molar-refractivity contribution in [2.45, 2.75) is 102 Å². The normalized spacial score (nSPS) is 18.3. The Hall–Kier alpha value is -2.88. The van der Waals surface area contributed by atoms with Crippen LogP contribution in [0.2, 0.25) is 0 Å².